The van der Waals surface area contributed by atoms with Crippen LogP contribution < -0.4 is 0 Å². The smallest absolute Gasteiger partial charge is 0.254 e. The highest BCUT2D eigenvalue weighted by molar-refractivity contribution is 6.31. The Bertz CT molecular complexity index is 919. The normalized spacial score (nSPS) is 14.1. The number of H-pyrrole nitrogens is 1. The molecule has 1 N–H and O–H groups in total. The first-order chi connectivity index (χ1) is 11.1. The lowest BCUT2D eigenvalue weighted by Crippen LogP contribution is -2.35. The molecular weight excluding hydrogens is 315 g/mol. The Morgan fingerprint density at radius 2 is 2.09 bits per heavy atom. The average Bonchev–Trinajstić information content (AvgIpc) is 2.90. The summed E-state index contributed by atoms with van der Waals surface area (Å²) in [6, 6.07) is 11.6. The van der Waals surface area contributed by atoms with Gasteiger partial charge in [-0.1, -0.05) is 23.7 Å². The van der Waals surface area contributed by atoms with Gasteiger partial charge in [0.25, 0.3) is 5.91 Å². The highest BCUT2D eigenvalue weighted by Crippen LogP contribution is 2.30. The lowest BCUT2D eigenvalue weighted by atomic mass is 10.0. The van der Waals surface area contributed by atoms with Crippen LogP contribution in [0.15, 0.2) is 42.5 Å². The van der Waals surface area contributed by atoms with E-state index in [4.69, 9.17) is 11.6 Å². The minimum atomic E-state index is -0.393. The monoisotopic (exact) mass is 328 g/mol. The van der Waals surface area contributed by atoms with Crippen molar-refractivity contribution in [2.75, 3.05) is 6.54 Å². The number of nitrogens with one attached hydrogen (secondary N) is 1. The summed E-state index contributed by atoms with van der Waals surface area (Å²) in [7, 11) is 0. The first kappa shape index (κ1) is 14.3. The zero-order chi connectivity index (χ0) is 16.0. The molecule has 0 aliphatic carbocycles. The van der Waals surface area contributed by atoms with E-state index in [1.165, 1.54) is 12.1 Å². The molecule has 2 heterocycles. The number of rotatable bonds is 1. The second-order valence-corrected chi connectivity index (χ2v) is 6.20. The predicted octanol–water partition coefficient (Wildman–Crippen LogP) is 4.16. The standard InChI is InChI=1S/C18H14ClFN2O/c19-12-4-5-14-15-10-22(7-6-16(15)21-17(14)9-12)18(23)11-2-1-3-13(20)8-11/h1-5,8-9,21H,6-7,10H2. The number of halogens is 2. The molecule has 2 aromatic carbocycles. The van der Waals surface area contributed by atoms with Gasteiger partial charge in [0, 0.05) is 52.3 Å². The molecule has 0 saturated heterocycles. The lowest BCUT2D eigenvalue weighted by Gasteiger charge is -2.27. The number of fused-ring (bicyclic) bond motifs is 3. The quantitative estimate of drug-likeness (QED) is 0.715. The molecule has 0 saturated carbocycles. The number of nitrogens with zero attached hydrogens (tertiary/aromatic N) is 1. The van der Waals surface area contributed by atoms with Gasteiger partial charge < -0.3 is 9.88 Å². The largest absolute Gasteiger partial charge is 0.358 e. The maximum absolute atomic E-state index is 13.3. The number of benzene rings is 2. The van der Waals surface area contributed by atoms with Crippen LogP contribution in [-0.2, 0) is 13.0 Å². The summed E-state index contributed by atoms with van der Waals surface area (Å²) in [5.41, 5.74) is 3.64. The molecule has 116 valence electrons. The summed E-state index contributed by atoms with van der Waals surface area (Å²) in [5, 5.41) is 1.77. The number of aromatic amines is 1. The molecule has 1 amide bonds. The number of aromatic nitrogens is 1. The molecule has 3 aromatic rings. The van der Waals surface area contributed by atoms with Crippen molar-refractivity contribution in [2.45, 2.75) is 13.0 Å². The van der Waals surface area contributed by atoms with Gasteiger partial charge in [0.2, 0.25) is 0 Å². The molecule has 23 heavy (non-hydrogen) atoms. The third-order valence-electron chi connectivity index (χ3n) is 4.30. The van der Waals surface area contributed by atoms with E-state index < -0.39 is 5.82 Å². The van der Waals surface area contributed by atoms with Crippen molar-refractivity contribution < 1.29 is 9.18 Å². The summed E-state index contributed by atoms with van der Waals surface area (Å²) in [5.74, 6) is -0.534. The van der Waals surface area contributed by atoms with Gasteiger partial charge in [-0.05, 0) is 30.3 Å². The molecule has 0 bridgehead atoms. The predicted molar refractivity (Wildman–Crippen MR) is 88.2 cm³/mol. The zero-order valence-electron chi connectivity index (χ0n) is 12.3. The number of amides is 1. The van der Waals surface area contributed by atoms with E-state index in [0.29, 0.717) is 23.7 Å². The van der Waals surface area contributed by atoms with Gasteiger partial charge >= 0.3 is 0 Å². The van der Waals surface area contributed by atoms with Crippen molar-refractivity contribution in [3.63, 3.8) is 0 Å². The Hall–Kier alpha value is -2.33. The molecule has 1 aromatic heterocycles. The van der Waals surface area contributed by atoms with E-state index in [2.05, 4.69) is 4.98 Å². The Kier molecular flexibility index (Phi) is 3.34. The van der Waals surface area contributed by atoms with Gasteiger partial charge in [-0.2, -0.15) is 0 Å². The number of carbonyl (C=O) groups excluding carboxylic acids is 1. The van der Waals surface area contributed by atoms with Crippen molar-refractivity contribution in [3.8, 4) is 0 Å². The lowest BCUT2D eigenvalue weighted by molar-refractivity contribution is 0.0734. The summed E-state index contributed by atoms with van der Waals surface area (Å²) in [4.78, 5) is 17.7. The van der Waals surface area contributed by atoms with Crippen LogP contribution in [0.1, 0.15) is 21.6 Å². The van der Waals surface area contributed by atoms with Crippen molar-refractivity contribution in [3.05, 3.63) is 70.1 Å². The molecule has 0 unspecified atom stereocenters. The van der Waals surface area contributed by atoms with Crippen molar-refractivity contribution in [1.29, 1.82) is 0 Å². The molecule has 3 nitrogen and oxygen atoms in total. The van der Waals surface area contributed by atoms with E-state index in [0.717, 1.165) is 28.6 Å². The third kappa shape index (κ3) is 2.49. The van der Waals surface area contributed by atoms with Crippen molar-refractivity contribution in [1.82, 2.24) is 9.88 Å². The highest BCUT2D eigenvalue weighted by atomic mass is 35.5. The number of hydrogen-bond donors (Lipinski definition) is 1. The first-order valence-electron chi connectivity index (χ1n) is 7.45. The maximum atomic E-state index is 13.3. The second kappa shape index (κ2) is 5.39. The first-order valence-corrected chi connectivity index (χ1v) is 7.83. The van der Waals surface area contributed by atoms with Gasteiger partial charge in [-0.3, -0.25) is 4.79 Å². The van der Waals surface area contributed by atoms with Crippen LogP contribution in [0, 0.1) is 5.82 Å². The Balaban J connectivity index is 1.68. The summed E-state index contributed by atoms with van der Waals surface area (Å²) >= 11 is 6.04. The van der Waals surface area contributed by atoms with E-state index in [9.17, 15) is 9.18 Å². The summed E-state index contributed by atoms with van der Waals surface area (Å²) in [6.45, 7) is 1.13. The SMILES string of the molecule is O=C(c1cccc(F)c1)N1CCc2[nH]c3cc(Cl)ccc3c2C1. The van der Waals surface area contributed by atoms with Crippen LogP contribution in [-0.4, -0.2) is 22.3 Å². The molecule has 1 aliphatic rings. The van der Waals surface area contributed by atoms with Crippen LogP contribution in [0.4, 0.5) is 4.39 Å². The van der Waals surface area contributed by atoms with Gasteiger partial charge in [-0.25, -0.2) is 4.39 Å². The fourth-order valence-corrected chi connectivity index (χ4v) is 3.34. The topological polar surface area (TPSA) is 36.1 Å². The number of carbonyl (C=O) groups is 1. The van der Waals surface area contributed by atoms with Gasteiger partial charge in [0.05, 0.1) is 0 Å². The number of hydrogen-bond acceptors (Lipinski definition) is 1. The molecule has 0 spiro atoms. The van der Waals surface area contributed by atoms with Crippen LogP contribution in [0.5, 0.6) is 0 Å². The van der Waals surface area contributed by atoms with Gasteiger partial charge in [-0.15, -0.1) is 0 Å². The van der Waals surface area contributed by atoms with E-state index in [-0.39, 0.29) is 5.91 Å². The average molecular weight is 329 g/mol. The van der Waals surface area contributed by atoms with E-state index in [1.54, 1.807) is 17.0 Å². The Labute approximate surface area is 137 Å². The van der Waals surface area contributed by atoms with E-state index >= 15 is 0 Å². The third-order valence-corrected chi connectivity index (χ3v) is 4.53. The van der Waals surface area contributed by atoms with E-state index in [1.807, 2.05) is 18.2 Å². The highest BCUT2D eigenvalue weighted by Gasteiger charge is 2.25. The summed E-state index contributed by atoms with van der Waals surface area (Å²) < 4.78 is 13.3. The molecule has 5 heteroatoms. The molecule has 4 rings (SSSR count). The Morgan fingerprint density at radius 3 is 2.91 bits per heavy atom. The van der Waals surface area contributed by atoms with Crippen LogP contribution in [0.2, 0.25) is 5.02 Å². The molecule has 0 atom stereocenters. The fourth-order valence-electron chi connectivity index (χ4n) is 3.17. The van der Waals surface area contributed by atoms with Crippen LogP contribution >= 0.6 is 11.6 Å². The summed E-state index contributed by atoms with van der Waals surface area (Å²) in [6.07, 6.45) is 0.753. The molecule has 0 fully saturated rings. The molecule has 1 aliphatic heterocycles. The van der Waals surface area contributed by atoms with Gasteiger partial charge in [0.15, 0.2) is 0 Å². The molecule has 0 radical (unpaired) electrons. The fraction of sp³-hybridized carbons (Fsp3) is 0.167. The van der Waals surface area contributed by atoms with Crippen LogP contribution in [0.3, 0.4) is 0 Å². The minimum absolute atomic E-state index is 0.140. The second-order valence-electron chi connectivity index (χ2n) is 5.76. The zero-order valence-corrected chi connectivity index (χ0v) is 13.0. The Morgan fingerprint density at radius 1 is 1.22 bits per heavy atom. The van der Waals surface area contributed by atoms with Gasteiger partial charge in [0.1, 0.15) is 5.82 Å². The van der Waals surface area contributed by atoms with Crippen molar-refractivity contribution >= 4 is 28.4 Å². The minimum Gasteiger partial charge on any atom is -0.358 e. The van der Waals surface area contributed by atoms with Crippen LogP contribution in [0.25, 0.3) is 10.9 Å². The maximum Gasteiger partial charge on any atom is 0.254 e. The van der Waals surface area contributed by atoms with Crippen molar-refractivity contribution in [2.24, 2.45) is 0 Å². The molecular formula is C18H14ClFN2O.